The van der Waals surface area contributed by atoms with Gasteiger partial charge in [0.1, 0.15) is 23.1 Å². The van der Waals surface area contributed by atoms with Gasteiger partial charge in [0.2, 0.25) is 0 Å². The van der Waals surface area contributed by atoms with Crippen LogP contribution in [0.15, 0.2) is 103 Å². The first-order chi connectivity index (χ1) is 26.0. The number of thiophene rings is 1. The third kappa shape index (κ3) is 7.79. The van der Waals surface area contributed by atoms with E-state index >= 15 is 0 Å². The number of aliphatic carboxylic acids is 1. The lowest BCUT2D eigenvalue weighted by molar-refractivity contribution is -0.132. The predicted octanol–water partition coefficient (Wildman–Crippen LogP) is 12.7. The number of rotatable bonds is 17. The minimum atomic E-state index is -1.23. The normalized spacial score (nSPS) is 11.8. The van der Waals surface area contributed by atoms with Gasteiger partial charge in [-0.3, -0.25) is 0 Å². The Balaban J connectivity index is 1.31. The predicted molar refractivity (Wildman–Crippen MR) is 218 cm³/mol. The molecule has 0 amide bonds. The van der Waals surface area contributed by atoms with Crippen molar-refractivity contribution in [2.45, 2.75) is 65.2 Å². The maximum absolute atomic E-state index is 11.5. The summed E-state index contributed by atoms with van der Waals surface area (Å²) in [5, 5.41) is 20.9. The van der Waals surface area contributed by atoms with Crippen LogP contribution in [0.25, 0.3) is 66.1 Å². The average molecular weight is 721 g/mol. The lowest BCUT2D eigenvalue weighted by Crippen LogP contribution is -1.98. The van der Waals surface area contributed by atoms with E-state index in [1.54, 1.807) is 6.07 Å². The third-order valence-corrected chi connectivity index (χ3v) is 10.9. The first-order valence-corrected chi connectivity index (χ1v) is 19.5. The molecule has 0 atom stereocenters. The van der Waals surface area contributed by atoms with Gasteiger partial charge in [-0.2, -0.15) is 5.26 Å². The van der Waals surface area contributed by atoms with Crippen molar-refractivity contribution in [2.24, 2.45) is 0 Å². The van der Waals surface area contributed by atoms with Gasteiger partial charge in [0.05, 0.1) is 29.8 Å². The number of unbranched alkanes of at least 4 members (excludes halogenated alkanes) is 6. The second-order valence-electron chi connectivity index (χ2n) is 13.6. The molecule has 3 aromatic carbocycles. The van der Waals surface area contributed by atoms with Crippen molar-refractivity contribution in [1.82, 2.24) is 4.40 Å². The van der Waals surface area contributed by atoms with E-state index < -0.39 is 5.97 Å². The first-order valence-electron chi connectivity index (χ1n) is 18.7. The molecule has 0 aliphatic rings. The Labute approximate surface area is 314 Å². The van der Waals surface area contributed by atoms with E-state index in [-0.39, 0.29) is 5.57 Å². The molecule has 4 heterocycles. The van der Waals surface area contributed by atoms with Gasteiger partial charge in [0.15, 0.2) is 0 Å². The number of aromatic nitrogens is 1. The van der Waals surface area contributed by atoms with Crippen LogP contribution in [0.5, 0.6) is 11.5 Å². The van der Waals surface area contributed by atoms with E-state index in [0.29, 0.717) is 4.88 Å². The second kappa shape index (κ2) is 16.4. The molecule has 7 rings (SSSR count). The standard InChI is InChI=1S/C46H44N2O4S/c1-3-5-7-9-23-51-37-15-11-31(12-16-37)40-28-34-25-33(44-22-19-39(53-44)27-36(30-47)46(49)50)26-35-29-41(43-21-20-42(40)48(43)45(34)35)32-13-17-38(18-14-32)52-24-10-8-6-4-2/h11-22,25-29H,3-10,23-24H2,1-2H3,(H,49,50)/b36-27-. The van der Waals surface area contributed by atoms with Crippen molar-refractivity contribution in [3.05, 3.63) is 108 Å². The first kappa shape index (κ1) is 35.8. The van der Waals surface area contributed by atoms with Crippen LogP contribution in [0.4, 0.5) is 0 Å². The summed E-state index contributed by atoms with van der Waals surface area (Å²) in [7, 11) is 0. The lowest BCUT2D eigenvalue weighted by Gasteiger charge is -2.18. The van der Waals surface area contributed by atoms with Crippen molar-refractivity contribution in [3.63, 3.8) is 0 Å². The Kier molecular flexibility index (Phi) is 11.1. The molecule has 0 aliphatic heterocycles. The number of hydrogen-bond donors (Lipinski definition) is 1. The SMILES string of the molecule is CCCCCCOc1ccc(-c2cc3cc(-c4ccc(/C=C(/C#N)C(=O)O)s4)cc4cc(-c5ccc(OCCCCCC)cc5)c5ccc2n5c34)cc1. The number of ether oxygens (including phenoxy) is 2. The van der Waals surface area contributed by atoms with Crippen LogP contribution in [-0.2, 0) is 4.79 Å². The molecule has 0 saturated carbocycles. The molecule has 268 valence electrons. The van der Waals surface area contributed by atoms with Crippen LogP contribution in [-0.4, -0.2) is 28.7 Å². The van der Waals surface area contributed by atoms with Gasteiger partial charge in [0, 0.05) is 31.7 Å². The molecule has 0 saturated heterocycles. The van der Waals surface area contributed by atoms with Crippen LogP contribution in [0.3, 0.4) is 0 Å². The van der Waals surface area contributed by atoms with E-state index in [1.807, 2.05) is 12.1 Å². The minimum Gasteiger partial charge on any atom is -0.494 e. The number of nitriles is 1. The summed E-state index contributed by atoms with van der Waals surface area (Å²) in [6.07, 6.45) is 10.8. The maximum atomic E-state index is 11.5. The van der Waals surface area contributed by atoms with Gasteiger partial charge in [0.25, 0.3) is 0 Å². The molecule has 0 unspecified atom stereocenters. The highest BCUT2D eigenvalue weighted by atomic mass is 32.1. The van der Waals surface area contributed by atoms with E-state index in [1.165, 1.54) is 55.9 Å². The topological polar surface area (TPSA) is 84.0 Å². The van der Waals surface area contributed by atoms with Crippen LogP contribution in [0.1, 0.15) is 70.1 Å². The van der Waals surface area contributed by atoms with Gasteiger partial charge < -0.3 is 19.0 Å². The Morgan fingerprint density at radius 3 is 1.70 bits per heavy atom. The molecule has 0 aliphatic carbocycles. The highest BCUT2D eigenvalue weighted by molar-refractivity contribution is 7.16. The lowest BCUT2D eigenvalue weighted by atomic mass is 9.97. The number of carboxylic acids is 1. The number of hydrogen-bond acceptors (Lipinski definition) is 5. The number of benzene rings is 3. The second-order valence-corrected chi connectivity index (χ2v) is 14.7. The smallest absolute Gasteiger partial charge is 0.346 e. The number of nitrogens with zero attached hydrogens (tertiary/aromatic N) is 2. The molecule has 0 radical (unpaired) electrons. The molecule has 0 fully saturated rings. The molecule has 7 heteroatoms. The molecule has 7 aromatic rings. The largest absolute Gasteiger partial charge is 0.494 e. The van der Waals surface area contributed by atoms with Gasteiger partial charge in [-0.05, 0) is 108 Å². The summed E-state index contributed by atoms with van der Waals surface area (Å²) >= 11 is 1.47. The summed E-state index contributed by atoms with van der Waals surface area (Å²) < 4.78 is 14.5. The zero-order chi connectivity index (χ0) is 36.7. The molecule has 4 aromatic heterocycles. The van der Waals surface area contributed by atoms with Gasteiger partial charge in [-0.1, -0.05) is 76.6 Å². The Morgan fingerprint density at radius 1 is 0.698 bits per heavy atom. The van der Waals surface area contributed by atoms with Gasteiger partial charge >= 0.3 is 5.97 Å². The quantitative estimate of drug-likeness (QED) is 0.0575. The van der Waals surface area contributed by atoms with Gasteiger partial charge in [-0.25, -0.2) is 4.79 Å². The maximum Gasteiger partial charge on any atom is 0.346 e. The van der Waals surface area contributed by atoms with Crippen molar-refractivity contribution in [1.29, 1.82) is 5.26 Å². The van der Waals surface area contributed by atoms with Gasteiger partial charge in [-0.15, -0.1) is 11.3 Å². The van der Waals surface area contributed by atoms with Crippen molar-refractivity contribution in [3.8, 4) is 50.3 Å². The number of pyridine rings is 2. The van der Waals surface area contributed by atoms with Crippen molar-refractivity contribution < 1.29 is 19.4 Å². The molecular formula is C46H44N2O4S. The minimum absolute atomic E-state index is 0.285. The summed E-state index contributed by atoms with van der Waals surface area (Å²) in [5.41, 5.74) is 8.63. The fourth-order valence-electron chi connectivity index (χ4n) is 7.09. The zero-order valence-electron chi connectivity index (χ0n) is 30.4. The highest BCUT2D eigenvalue weighted by Crippen LogP contribution is 2.42. The summed E-state index contributed by atoms with van der Waals surface area (Å²) in [4.78, 5) is 13.2. The van der Waals surface area contributed by atoms with E-state index in [9.17, 15) is 15.2 Å². The molecule has 1 N–H and O–H groups in total. The zero-order valence-corrected chi connectivity index (χ0v) is 31.2. The van der Waals surface area contributed by atoms with Crippen LogP contribution < -0.4 is 9.47 Å². The van der Waals surface area contributed by atoms with E-state index in [4.69, 9.17) is 9.47 Å². The van der Waals surface area contributed by atoms with Crippen molar-refractivity contribution in [2.75, 3.05) is 13.2 Å². The monoisotopic (exact) mass is 720 g/mol. The molecule has 6 nitrogen and oxygen atoms in total. The Hall–Kier alpha value is -5.58. The molecule has 53 heavy (non-hydrogen) atoms. The highest BCUT2D eigenvalue weighted by Gasteiger charge is 2.19. The summed E-state index contributed by atoms with van der Waals surface area (Å²) in [5.74, 6) is 0.535. The molecule has 0 bridgehead atoms. The summed E-state index contributed by atoms with van der Waals surface area (Å²) in [6.45, 7) is 5.88. The Bertz CT molecular complexity index is 2290. The van der Waals surface area contributed by atoms with E-state index in [0.717, 1.165) is 97.6 Å². The van der Waals surface area contributed by atoms with Crippen LogP contribution in [0, 0.1) is 11.3 Å². The average Bonchev–Trinajstić information content (AvgIpc) is 3.85. The fraction of sp³-hybridized carbons (Fsp3) is 0.261. The van der Waals surface area contributed by atoms with E-state index in [2.05, 4.69) is 103 Å². The number of carboxylic acid groups (broad SMARTS) is 1. The van der Waals surface area contributed by atoms with Crippen LogP contribution in [0.2, 0.25) is 0 Å². The third-order valence-electron chi connectivity index (χ3n) is 9.84. The van der Waals surface area contributed by atoms with Crippen LogP contribution >= 0.6 is 11.3 Å². The van der Waals surface area contributed by atoms with Crippen molar-refractivity contribution >= 4 is 50.7 Å². The Morgan fingerprint density at radius 2 is 1.23 bits per heavy atom. The number of carbonyl (C=O) groups is 1. The summed E-state index contributed by atoms with van der Waals surface area (Å²) in [6, 6.07) is 36.0. The fourth-order valence-corrected chi connectivity index (χ4v) is 8.03. The molecular weight excluding hydrogens is 677 g/mol. The molecule has 0 spiro atoms.